The first-order valence-corrected chi connectivity index (χ1v) is 8.03. The van der Waals surface area contributed by atoms with Crippen LogP contribution in [0.3, 0.4) is 0 Å². The third-order valence-electron chi connectivity index (χ3n) is 3.72. The zero-order valence-corrected chi connectivity index (χ0v) is 14.2. The third-order valence-corrected chi connectivity index (χ3v) is 3.72. The normalized spacial score (nSPS) is 10.4. The summed E-state index contributed by atoms with van der Waals surface area (Å²) in [7, 11) is 3.65. The number of aromatic nitrogens is 2. The highest BCUT2D eigenvalue weighted by molar-refractivity contribution is 5.94. The predicted octanol–water partition coefficient (Wildman–Crippen LogP) is 1.92. The number of ether oxygens (including phenoxy) is 1. The van der Waals surface area contributed by atoms with E-state index in [0.29, 0.717) is 18.7 Å². The van der Waals surface area contributed by atoms with E-state index >= 15 is 0 Å². The van der Waals surface area contributed by atoms with Gasteiger partial charge >= 0.3 is 0 Å². The van der Waals surface area contributed by atoms with Crippen molar-refractivity contribution in [2.75, 3.05) is 38.8 Å². The van der Waals surface area contributed by atoms with Crippen molar-refractivity contribution >= 4 is 11.6 Å². The summed E-state index contributed by atoms with van der Waals surface area (Å²) in [6.07, 6.45) is 8.66. The molecule has 0 radical (unpaired) electrons. The van der Waals surface area contributed by atoms with E-state index in [4.69, 9.17) is 4.74 Å². The number of pyridine rings is 2. The highest BCUT2D eigenvalue weighted by Crippen LogP contribution is 2.14. The molecule has 1 N–H and O–H groups in total. The monoisotopic (exact) mass is 328 g/mol. The van der Waals surface area contributed by atoms with E-state index in [1.54, 1.807) is 31.9 Å². The van der Waals surface area contributed by atoms with Crippen molar-refractivity contribution in [2.45, 2.75) is 12.8 Å². The van der Waals surface area contributed by atoms with Crippen molar-refractivity contribution < 1.29 is 9.53 Å². The Morgan fingerprint density at radius 3 is 2.79 bits per heavy atom. The van der Waals surface area contributed by atoms with Crippen LogP contribution in [0.15, 0.2) is 43.0 Å². The van der Waals surface area contributed by atoms with E-state index in [1.165, 1.54) is 5.56 Å². The van der Waals surface area contributed by atoms with E-state index in [1.807, 2.05) is 25.2 Å². The van der Waals surface area contributed by atoms with Gasteiger partial charge in [0.05, 0.1) is 17.4 Å². The van der Waals surface area contributed by atoms with Crippen LogP contribution in [0.5, 0.6) is 0 Å². The van der Waals surface area contributed by atoms with Gasteiger partial charge in [-0.05, 0) is 36.6 Å². The molecule has 0 unspecified atom stereocenters. The number of methoxy groups -OCH3 is 1. The van der Waals surface area contributed by atoms with E-state index < -0.39 is 0 Å². The Labute approximate surface area is 142 Å². The maximum absolute atomic E-state index is 12.1. The largest absolute Gasteiger partial charge is 0.385 e. The molecular formula is C18H24N4O2. The molecule has 2 rings (SSSR count). The summed E-state index contributed by atoms with van der Waals surface area (Å²) < 4.78 is 4.97. The minimum Gasteiger partial charge on any atom is -0.385 e. The minimum absolute atomic E-state index is 0.108. The van der Waals surface area contributed by atoms with Gasteiger partial charge in [0.2, 0.25) is 0 Å². The molecule has 2 heterocycles. The van der Waals surface area contributed by atoms with Gasteiger partial charge in [0, 0.05) is 52.4 Å². The Morgan fingerprint density at radius 2 is 2.04 bits per heavy atom. The molecule has 0 aliphatic rings. The molecule has 0 aromatic carbocycles. The Morgan fingerprint density at radius 1 is 1.25 bits per heavy atom. The van der Waals surface area contributed by atoms with Crippen LogP contribution in [0.4, 0.5) is 5.69 Å². The van der Waals surface area contributed by atoms with Crippen LogP contribution < -0.4 is 10.2 Å². The highest BCUT2D eigenvalue weighted by Gasteiger charge is 2.09. The Bertz CT molecular complexity index is 634. The topological polar surface area (TPSA) is 67.3 Å². The van der Waals surface area contributed by atoms with E-state index in [9.17, 15) is 4.79 Å². The van der Waals surface area contributed by atoms with Crippen LogP contribution in [-0.4, -0.2) is 49.7 Å². The second-order valence-corrected chi connectivity index (χ2v) is 5.56. The molecule has 2 aromatic rings. The molecule has 24 heavy (non-hydrogen) atoms. The molecule has 0 fully saturated rings. The molecule has 2 aromatic heterocycles. The number of likely N-dealkylation sites (N-methyl/N-ethyl adjacent to an activating group) is 1. The van der Waals surface area contributed by atoms with Gasteiger partial charge in [-0.15, -0.1) is 0 Å². The van der Waals surface area contributed by atoms with Crippen molar-refractivity contribution in [3.8, 4) is 0 Å². The number of carbonyl (C=O) groups excluding carboxylic acids is 1. The quantitative estimate of drug-likeness (QED) is 0.712. The fourth-order valence-electron chi connectivity index (χ4n) is 2.26. The molecule has 6 heteroatoms. The molecular weight excluding hydrogens is 304 g/mol. The van der Waals surface area contributed by atoms with Gasteiger partial charge in [-0.1, -0.05) is 0 Å². The second kappa shape index (κ2) is 9.62. The molecule has 0 atom stereocenters. The molecule has 0 saturated carbocycles. The lowest BCUT2D eigenvalue weighted by Crippen LogP contribution is -2.26. The fourth-order valence-corrected chi connectivity index (χ4v) is 2.26. The number of amides is 1. The first-order chi connectivity index (χ1) is 11.7. The lowest BCUT2D eigenvalue weighted by atomic mass is 10.2. The maximum Gasteiger partial charge on any atom is 0.252 e. The number of hydrogen-bond donors (Lipinski definition) is 1. The lowest BCUT2D eigenvalue weighted by Gasteiger charge is -2.19. The van der Waals surface area contributed by atoms with Gasteiger partial charge in [-0.3, -0.25) is 14.8 Å². The van der Waals surface area contributed by atoms with Crippen LogP contribution >= 0.6 is 0 Å². The minimum atomic E-state index is -0.108. The second-order valence-electron chi connectivity index (χ2n) is 5.56. The summed E-state index contributed by atoms with van der Waals surface area (Å²) in [5, 5.41) is 2.87. The average Bonchev–Trinajstić information content (AvgIpc) is 2.64. The number of rotatable bonds is 9. The van der Waals surface area contributed by atoms with E-state index in [-0.39, 0.29) is 5.91 Å². The molecule has 0 saturated heterocycles. The number of carbonyl (C=O) groups is 1. The van der Waals surface area contributed by atoms with Crippen LogP contribution in [0.1, 0.15) is 22.3 Å². The summed E-state index contributed by atoms with van der Waals surface area (Å²) in [5.41, 5.74) is 2.73. The van der Waals surface area contributed by atoms with Gasteiger partial charge < -0.3 is 15.0 Å². The number of anilines is 1. The van der Waals surface area contributed by atoms with Crippen LogP contribution in [0, 0.1) is 0 Å². The van der Waals surface area contributed by atoms with E-state index in [2.05, 4.69) is 20.2 Å². The third kappa shape index (κ3) is 5.62. The standard InChI is InChI=1S/C18H24N4O2/c1-22(10-6-15-4-8-19-9-5-15)17-12-16(13-20-14-17)18(23)21-7-3-11-24-2/h4-5,8-9,12-14H,3,6-7,10-11H2,1-2H3,(H,21,23). The molecule has 0 spiro atoms. The number of nitrogens with zero attached hydrogens (tertiary/aromatic N) is 3. The summed E-state index contributed by atoms with van der Waals surface area (Å²) in [6, 6.07) is 5.89. The van der Waals surface area contributed by atoms with E-state index in [0.717, 1.165) is 25.1 Å². The van der Waals surface area contributed by atoms with Gasteiger partial charge in [0.1, 0.15) is 0 Å². The van der Waals surface area contributed by atoms with Crippen molar-refractivity contribution in [1.29, 1.82) is 0 Å². The number of hydrogen-bond acceptors (Lipinski definition) is 5. The van der Waals surface area contributed by atoms with Gasteiger partial charge in [0.25, 0.3) is 5.91 Å². The molecule has 0 aliphatic heterocycles. The molecule has 128 valence electrons. The number of nitrogens with one attached hydrogen (secondary N) is 1. The summed E-state index contributed by atoms with van der Waals surface area (Å²) in [6.45, 7) is 2.07. The van der Waals surface area contributed by atoms with Gasteiger partial charge in [-0.2, -0.15) is 0 Å². The zero-order valence-electron chi connectivity index (χ0n) is 14.2. The van der Waals surface area contributed by atoms with Crippen molar-refractivity contribution in [2.24, 2.45) is 0 Å². The summed E-state index contributed by atoms with van der Waals surface area (Å²) in [5.74, 6) is -0.108. The Kier molecular flexibility index (Phi) is 7.17. The Hall–Kier alpha value is -2.47. The first kappa shape index (κ1) is 17.9. The van der Waals surface area contributed by atoms with Crippen molar-refractivity contribution in [3.05, 3.63) is 54.1 Å². The predicted molar refractivity (Wildman–Crippen MR) is 94.3 cm³/mol. The van der Waals surface area contributed by atoms with Gasteiger partial charge in [-0.25, -0.2) is 0 Å². The summed E-state index contributed by atoms with van der Waals surface area (Å²) >= 11 is 0. The van der Waals surface area contributed by atoms with Crippen LogP contribution in [0.25, 0.3) is 0 Å². The fraction of sp³-hybridized carbons (Fsp3) is 0.389. The molecule has 6 nitrogen and oxygen atoms in total. The highest BCUT2D eigenvalue weighted by atomic mass is 16.5. The average molecular weight is 328 g/mol. The summed E-state index contributed by atoms with van der Waals surface area (Å²) in [4.78, 5) is 22.4. The Balaban J connectivity index is 1.90. The SMILES string of the molecule is COCCCNC(=O)c1cncc(N(C)CCc2ccncc2)c1. The molecule has 0 bridgehead atoms. The van der Waals surface area contributed by atoms with Gasteiger partial charge in [0.15, 0.2) is 0 Å². The molecule has 0 aliphatic carbocycles. The van der Waals surface area contributed by atoms with Crippen molar-refractivity contribution in [3.63, 3.8) is 0 Å². The van der Waals surface area contributed by atoms with Crippen LogP contribution in [0.2, 0.25) is 0 Å². The van der Waals surface area contributed by atoms with Crippen molar-refractivity contribution in [1.82, 2.24) is 15.3 Å². The lowest BCUT2D eigenvalue weighted by molar-refractivity contribution is 0.0948. The zero-order chi connectivity index (χ0) is 17.2. The molecule has 1 amide bonds. The maximum atomic E-state index is 12.1. The van der Waals surface area contributed by atoms with Crippen LogP contribution in [-0.2, 0) is 11.2 Å². The first-order valence-electron chi connectivity index (χ1n) is 8.03. The smallest absolute Gasteiger partial charge is 0.252 e.